The summed E-state index contributed by atoms with van der Waals surface area (Å²) < 4.78 is 14.4. The minimum atomic E-state index is -0.0717. The summed E-state index contributed by atoms with van der Waals surface area (Å²) in [5.74, 6) is 10.1. The van der Waals surface area contributed by atoms with Crippen LogP contribution in [0.1, 0.15) is 128 Å². The van der Waals surface area contributed by atoms with Gasteiger partial charge in [-0.05, 0) is 86.8 Å². The van der Waals surface area contributed by atoms with E-state index in [4.69, 9.17) is 0 Å². The second kappa shape index (κ2) is 14.1. The highest BCUT2D eigenvalue weighted by Gasteiger charge is 2.30. The summed E-state index contributed by atoms with van der Waals surface area (Å²) >= 11 is 0. The van der Waals surface area contributed by atoms with Gasteiger partial charge in [0.15, 0.2) is 0 Å². The van der Waals surface area contributed by atoms with Crippen molar-refractivity contribution in [3.05, 3.63) is 35.1 Å². The molecular formula is C31H47F. The van der Waals surface area contributed by atoms with Crippen LogP contribution in [-0.4, -0.2) is 0 Å². The lowest BCUT2D eigenvalue weighted by molar-refractivity contribution is 0.153. The zero-order valence-corrected chi connectivity index (χ0v) is 20.9. The van der Waals surface area contributed by atoms with Gasteiger partial charge < -0.3 is 0 Å². The van der Waals surface area contributed by atoms with Crippen LogP contribution in [0.25, 0.3) is 0 Å². The van der Waals surface area contributed by atoms with Gasteiger partial charge in [-0.15, -0.1) is 0 Å². The topological polar surface area (TPSA) is 0 Å². The number of benzene rings is 1. The van der Waals surface area contributed by atoms with E-state index < -0.39 is 0 Å². The maximum atomic E-state index is 14.4. The van der Waals surface area contributed by atoms with Crippen LogP contribution in [0.4, 0.5) is 4.39 Å². The molecule has 1 aromatic carbocycles. The lowest BCUT2D eigenvalue weighted by Gasteiger charge is -2.37. The van der Waals surface area contributed by atoms with E-state index in [0.29, 0.717) is 5.92 Å². The van der Waals surface area contributed by atoms with Crippen molar-refractivity contribution in [2.24, 2.45) is 23.7 Å². The standard InChI is InChI=1S/C31H47F/c1-3-5-7-9-10-25-14-19-28(20-15-25)29-21-16-26(17-22-29)12-13-27-18-23-30(31(32)24-27)11-8-6-4-2/h18,23-26,28-29H,3-11,14-17,19-22H2,1-2H3/t25-,26?,28-,29?. The van der Waals surface area contributed by atoms with Crippen LogP contribution < -0.4 is 0 Å². The first-order valence-electron chi connectivity index (χ1n) is 14.0. The summed E-state index contributed by atoms with van der Waals surface area (Å²) in [6.07, 6.45) is 22.5. The highest BCUT2D eigenvalue weighted by atomic mass is 19.1. The van der Waals surface area contributed by atoms with Crippen molar-refractivity contribution in [1.82, 2.24) is 0 Å². The molecule has 0 unspecified atom stereocenters. The summed E-state index contributed by atoms with van der Waals surface area (Å²) in [5.41, 5.74) is 1.70. The van der Waals surface area contributed by atoms with E-state index in [9.17, 15) is 4.39 Å². The van der Waals surface area contributed by atoms with Crippen molar-refractivity contribution < 1.29 is 4.39 Å². The summed E-state index contributed by atoms with van der Waals surface area (Å²) in [6, 6.07) is 5.62. The highest BCUT2D eigenvalue weighted by molar-refractivity contribution is 5.37. The molecule has 0 aliphatic heterocycles. The van der Waals surface area contributed by atoms with Crippen molar-refractivity contribution >= 4 is 0 Å². The fourth-order valence-corrected chi connectivity index (χ4v) is 6.12. The Labute approximate surface area is 198 Å². The Morgan fingerprint density at radius 1 is 0.781 bits per heavy atom. The Morgan fingerprint density at radius 2 is 1.44 bits per heavy atom. The Kier molecular flexibility index (Phi) is 11.1. The van der Waals surface area contributed by atoms with E-state index in [1.54, 1.807) is 6.07 Å². The molecule has 0 saturated heterocycles. The molecule has 0 amide bonds. The first-order valence-corrected chi connectivity index (χ1v) is 14.0. The van der Waals surface area contributed by atoms with E-state index in [1.165, 1.54) is 96.3 Å². The van der Waals surface area contributed by atoms with Gasteiger partial charge in [0, 0.05) is 11.5 Å². The van der Waals surface area contributed by atoms with Crippen LogP contribution in [0, 0.1) is 41.3 Å². The normalized spacial score (nSPS) is 25.8. The molecular weight excluding hydrogens is 391 g/mol. The van der Waals surface area contributed by atoms with Crippen LogP contribution in [0.3, 0.4) is 0 Å². The number of halogens is 1. The molecule has 0 radical (unpaired) electrons. The largest absolute Gasteiger partial charge is 0.207 e. The Hall–Kier alpha value is -1.29. The van der Waals surface area contributed by atoms with Crippen LogP contribution >= 0.6 is 0 Å². The molecule has 0 bridgehead atoms. The van der Waals surface area contributed by atoms with Gasteiger partial charge in [0.25, 0.3) is 0 Å². The van der Waals surface area contributed by atoms with E-state index in [1.807, 2.05) is 12.1 Å². The summed E-state index contributed by atoms with van der Waals surface area (Å²) in [5, 5.41) is 0. The minimum absolute atomic E-state index is 0.0717. The molecule has 178 valence electrons. The molecule has 32 heavy (non-hydrogen) atoms. The van der Waals surface area contributed by atoms with Crippen molar-refractivity contribution in [1.29, 1.82) is 0 Å². The molecule has 0 aromatic heterocycles. The van der Waals surface area contributed by atoms with Gasteiger partial charge in [-0.2, -0.15) is 0 Å². The number of aryl methyl sites for hydroxylation is 1. The molecule has 2 aliphatic carbocycles. The van der Waals surface area contributed by atoms with Gasteiger partial charge in [-0.1, -0.05) is 89.5 Å². The quantitative estimate of drug-likeness (QED) is 0.252. The molecule has 0 atom stereocenters. The van der Waals surface area contributed by atoms with Crippen molar-refractivity contribution in [3.8, 4) is 11.8 Å². The van der Waals surface area contributed by atoms with Crippen LogP contribution in [0.5, 0.6) is 0 Å². The van der Waals surface area contributed by atoms with Gasteiger partial charge >= 0.3 is 0 Å². The average Bonchev–Trinajstić information content (AvgIpc) is 2.83. The smallest absolute Gasteiger partial charge is 0.127 e. The Balaban J connectivity index is 1.38. The summed E-state index contributed by atoms with van der Waals surface area (Å²) in [6.45, 7) is 4.49. The average molecular weight is 439 g/mol. The fraction of sp³-hybridized carbons (Fsp3) is 0.742. The molecule has 2 fully saturated rings. The monoisotopic (exact) mass is 438 g/mol. The number of rotatable bonds is 10. The van der Waals surface area contributed by atoms with E-state index >= 15 is 0 Å². The fourth-order valence-electron chi connectivity index (χ4n) is 6.12. The summed E-state index contributed by atoms with van der Waals surface area (Å²) in [7, 11) is 0. The van der Waals surface area contributed by atoms with Gasteiger partial charge in [0.1, 0.15) is 5.82 Å². The maximum absolute atomic E-state index is 14.4. The third kappa shape index (κ3) is 8.24. The predicted octanol–water partition coefficient (Wildman–Crippen LogP) is 9.49. The van der Waals surface area contributed by atoms with E-state index in [2.05, 4.69) is 25.7 Å². The number of hydrogen-bond acceptors (Lipinski definition) is 0. The molecule has 0 spiro atoms. The molecule has 2 saturated carbocycles. The van der Waals surface area contributed by atoms with Crippen molar-refractivity contribution in [2.75, 3.05) is 0 Å². The third-order valence-electron chi connectivity index (χ3n) is 8.32. The van der Waals surface area contributed by atoms with Crippen LogP contribution in [-0.2, 0) is 6.42 Å². The molecule has 1 aromatic rings. The van der Waals surface area contributed by atoms with Crippen LogP contribution in [0.15, 0.2) is 18.2 Å². The van der Waals surface area contributed by atoms with Crippen LogP contribution in [0.2, 0.25) is 0 Å². The second-order valence-electron chi connectivity index (χ2n) is 10.8. The van der Waals surface area contributed by atoms with E-state index in [0.717, 1.165) is 41.7 Å². The second-order valence-corrected chi connectivity index (χ2v) is 10.8. The highest BCUT2D eigenvalue weighted by Crippen LogP contribution is 2.42. The van der Waals surface area contributed by atoms with Gasteiger partial charge in [0.05, 0.1) is 0 Å². The zero-order chi connectivity index (χ0) is 22.6. The Morgan fingerprint density at radius 3 is 2.09 bits per heavy atom. The molecule has 0 heterocycles. The minimum Gasteiger partial charge on any atom is -0.207 e. The van der Waals surface area contributed by atoms with Crippen molar-refractivity contribution in [3.63, 3.8) is 0 Å². The first kappa shape index (κ1) is 25.3. The Bertz CT molecular complexity index is 708. The zero-order valence-electron chi connectivity index (χ0n) is 20.9. The lowest BCUT2D eigenvalue weighted by atomic mass is 9.69. The lowest BCUT2D eigenvalue weighted by Crippen LogP contribution is -2.25. The third-order valence-corrected chi connectivity index (χ3v) is 8.32. The van der Waals surface area contributed by atoms with Gasteiger partial charge in [-0.3, -0.25) is 0 Å². The summed E-state index contributed by atoms with van der Waals surface area (Å²) in [4.78, 5) is 0. The molecule has 3 rings (SSSR count). The predicted molar refractivity (Wildman–Crippen MR) is 136 cm³/mol. The van der Waals surface area contributed by atoms with Gasteiger partial charge in [0.2, 0.25) is 0 Å². The maximum Gasteiger partial charge on any atom is 0.127 e. The van der Waals surface area contributed by atoms with Crippen molar-refractivity contribution in [2.45, 2.75) is 123 Å². The number of unbranched alkanes of at least 4 members (excludes halogenated alkanes) is 5. The molecule has 0 nitrogen and oxygen atoms in total. The van der Waals surface area contributed by atoms with E-state index in [-0.39, 0.29) is 5.82 Å². The number of hydrogen-bond donors (Lipinski definition) is 0. The first-order chi connectivity index (χ1) is 15.7. The molecule has 0 N–H and O–H groups in total. The van der Waals surface area contributed by atoms with Gasteiger partial charge in [-0.25, -0.2) is 4.39 Å². The molecule has 2 aliphatic rings. The SMILES string of the molecule is CCCCCC[C@H]1CC[C@H](C2CCC(C#Cc3ccc(CCCCC)c(F)c3)CC2)CC1. The molecule has 1 heteroatoms.